The zero-order chi connectivity index (χ0) is 21.2. The zero-order valence-corrected chi connectivity index (χ0v) is 20.4. The Hall–Kier alpha value is -0.780. The van der Waals surface area contributed by atoms with Crippen LogP contribution in [0.15, 0.2) is 35.5 Å². The summed E-state index contributed by atoms with van der Waals surface area (Å²) < 4.78 is 0. The van der Waals surface area contributed by atoms with Crippen LogP contribution in [0.25, 0.3) is 0 Å². The number of rotatable bonds is 5. The minimum atomic E-state index is 0.485. The molecule has 0 heteroatoms. The van der Waals surface area contributed by atoms with E-state index in [0.717, 1.165) is 17.8 Å². The van der Waals surface area contributed by atoms with E-state index in [1.165, 1.54) is 76.2 Å². The summed E-state index contributed by atoms with van der Waals surface area (Å²) >= 11 is 0. The van der Waals surface area contributed by atoms with Crippen LogP contribution in [0.3, 0.4) is 0 Å². The first-order chi connectivity index (χ1) is 13.6. The van der Waals surface area contributed by atoms with Crippen LogP contribution < -0.4 is 0 Å². The fourth-order valence-electron chi connectivity index (χ4n) is 6.95. The lowest BCUT2D eigenvalue weighted by molar-refractivity contribution is 0.0920. The van der Waals surface area contributed by atoms with Gasteiger partial charge in [0.25, 0.3) is 0 Å². The van der Waals surface area contributed by atoms with Gasteiger partial charge in [0.1, 0.15) is 0 Å². The van der Waals surface area contributed by atoms with Crippen molar-refractivity contribution in [3.05, 3.63) is 35.5 Å². The number of allylic oxidation sites excluding steroid dienone is 5. The smallest absolute Gasteiger partial charge is 0.0143 e. The van der Waals surface area contributed by atoms with Gasteiger partial charge in [0.15, 0.2) is 0 Å². The van der Waals surface area contributed by atoms with Gasteiger partial charge in [-0.05, 0) is 92.3 Å². The second-order valence-corrected chi connectivity index (χ2v) is 12.4. The molecule has 0 aromatic rings. The van der Waals surface area contributed by atoms with Crippen LogP contribution in [0, 0.1) is 34.5 Å². The number of fused-ring (bicyclic) bond motifs is 1. The van der Waals surface area contributed by atoms with E-state index in [4.69, 9.17) is 0 Å². The summed E-state index contributed by atoms with van der Waals surface area (Å²) in [6.45, 7) is 19.0. The molecule has 0 saturated heterocycles. The molecule has 3 rings (SSSR count). The van der Waals surface area contributed by atoms with Gasteiger partial charge >= 0.3 is 0 Å². The van der Waals surface area contributed by atoms with Crippen molar-refractivity contribution in [3.63, 3.8) is 0 Å². The third kappa shape index (κ3) is 5.48. The van der Waals surface area contributed by atoms with Gasteiger partial charge in [-0.2, -0.15) is 0 Å². The molecule has 164 valence electrons. The van der Waals surface area contributed by atoms with Gasteiger partial charge in [0, 0.05) is 0 Å². The molecule has 3 fully saturated rings. The van der Waals surface area contributed by atoms with Gasteiger partial charge in [0.2, 0.25) is 0 Å². The van der Waals surface area contributed by atoms with E-state index < -0.39 is 0 Å². The lowest BCUT2D eigenvalue weighted by atomic mass is 9.60. The summed E-state index contributed by atoms with van der Waals surface area (Å²) in [6.07, 6.45) is 20.1. The first kappa shape index (κ1) is 22.9. The maximum absolute atomic E-state index is 4.25. The highest BCUT2D eigenvalue weighted by Crippen LogP contribution is 2.60. The van der Waals surface area contributed by atoms with Gasteiger partial charge in [0.05, 0.1) is 0 Å². The van der Waals surface area contributed by atoms with Gasteiger partial charge in [-0.25, -0.2) is 0 Å². The molecule has 0 aromatic carbocycles. The Bertz CT molecular complexity index is 639. The monoisotopic (exact) mass is 396 g/mol. The van der Waals surface area contributed by atoms with Crippen LogP contribution in [-0.4, -0.2) is 0 Å². The molecule has 0 N–H and O–H groups in total. The summed E-state index contributed by atoms with van der Waals surface area (Å²) in [4.78, 5) is 0. The molecule has 5 atom stereocenters. The van der Waals surface area contributed by atoms with Gasteiger partial charge in [-0.1, -0.05) is 89.8 Å². The van der Waals surface area contributed by atoms with Crippen molar-refractivity contribution in [2.75, 3.05) is 0 Å². The average Bonchev–Trinajstić information content (AvgIpc) is 2.99. The summed E-state index contributed by atoms with van der Waals surface area (Å²) in [5.41, 5.74) is 5.94. The van der Waals surface area contributed by atoms with E-state index in [0.29, 0.717) is 16.7 Å². The van der Waals surface area contributed by atoms with Crippen LogP contribution in [-0.2, 0) is 0 Å². The fraction of sp³-hybridized carbons (Fsp3) is 0.793. The standard InChI is InChI=1S/C29H48/c1-21-12-13-24(20-23(21)3)14-15-25-11-9-19-29(7)26(16-17-27(25)29)22(2)10-8-18-28(4,5)6/h14-15,22-23,26-27H,1,8-13,16-20H2,2-7H3/b24-14+,25-15+/t22-,23+,26+,27-,29+/m0/s1. The Morgan fingerprint density at radius 3 is 2.59 bits per heavy atom. The molecule has 0 aliphatic heterocycles. The zero-order valence-electron chi connectivity index (χ0n) is 20.4. The molecule has 3 aliphatic carbocycles. The van der Waals surface area contributed by atoms with Crippen molar-refractivity contribution < 1.29 is 0 Å². The predicted molar refractivity (Wildman–Crippen MR) is 129 cm³/mol. The van der Waals surface area contributed by atoms with Crippen LogP contribution >= 0.6 is 0 Å². The Balaban J connectivity index is 1.65. The van der Waals surface area contributed by atoms with E-state index >= 15 is 0 Å². The second kappa shape index (κ2) is 9.15. The molecule has 0 unspecified atom stereocenters. The third-order valence-corrected chi connectivity index (χ3v) is 8.88. The van der Waals surface area contributed by atoms with E-state index in [1.807, 2.05) is 0 Å². The van der Waals surface area contributed by atoms with Crippen LogP contribution in [0.5, 0.6) is 0 Å². The molecule has 0 nitrogen and oxygen atoms in total. The molecule has 0 aromatic heterocycles. The highest BCUT2D eigenvalue weighted by atomic mass is 14.5. The lowest BCUT2D eigenvalue weighted by Crippen LogP contribution is -2.36. The van der Waals surface area contributed by atoms with Crippen molar-refractivity contribution >= 4 is 0 Å². The minimum Gasteiger partial charge on any atom is -0.0996 e. The topological polar surface area (TPSA) is 0 Å². The third-order valence-electron chi connectivity index (χ3n) is 8.88. The molecule has 3 saturated carbocycles. The molecule has 3 aliphatic rings. The molecule has 0 amide bonds. The maximum atomic E-state index is 4.25. The van der Waals surface area contributed by atoms with E-state index in [2.05, 4.69) is 60.3 Å². The normalized spacial score (nSPS) is 37.2. The SMILES string of the molecule is C=C1CC/C(=C\C=C2/CCC[C@]3(C)[C@@H]([C@@H](C)CCCC(C)(C)C)CC[C@@H]23)C[C@H]1C. The Morgan fingerprint density at radius 2 is 1.90 bits per heavy atom. The quantitative estimate of drug-likeness (QED) is 0.406. The second-order valence-electron chi connectivity index (χ2n) is 12.4. The van der Waals surface area contributed by atoms with Gasteiger partial charge in [-0.15, -0.1) is 0 Å². The summed E-state index contributed by atoms with van der Waals surface area (Å²) in [7, 11) is 0. The predicted octanol–water partition coefficient (Wildman–Crippen LogP) is 9.28. The average molecular weight is 397 g/mol. The van der Waals surface area contributed by atoms with Gasteiger partial charge < -0.3 is 0 Å². The highest BCUT2D eigenvalue weighted by molar-refractivity contribution is 5.27. The van der Waals surface area contributed by atoms with Gasteiger partial charge in [-0.3, -0.25) is 0 Å². The maximum Gasteiger partial charge on any atom is -0.0143 e. The summed E-state index contributed by atoms with van der Waals surface area (Å²) in [5.74, 6) is 3.34. The van der Waals surface area contributed by atoms with E-state index in [-0.39, 0.29) is 0 Å². The fourth-order valence-corrected chi connectivity index (χ4v) is 6.95. The van der Waals surface area contributed by atoms with Crippen LogP contribution in [0.4, 0.5) is 0 Å². The summed E-state index contributed by atoms with van der Waals surface area (Å²) in [5, 5.41) is 0. The summed E-state index contributed by atoms with van der Waals surface area (Å²) in [6, 6.07) is 0. The minimum absolute atomic E-state index is 0.485. The molecule has 0 bridgehead atoms. The number of hydrogen-bond acceptors (Lipinski definition) is 0. The Kier molecular flexibility index (Phi) is 7.23. The largest absolute Gasteiger partial charge is 0.0996 e. The molecule has 0 heterocycles. The molecule has 29 heavy (non-hydrogen) atoms. The van der Waals surface area contributed by atoms with Crippen molar-refractivity contribution in [2.24, 2.45) is 34.5 Å². The first-order valence-electron chi connectivity index (χ1n) is 12.7. The van der Waals surface area contributed by atoms with E-state index in [9.17, 15) is 0 Å². The molecule has 0 spiro atoms. The first-order valence-corrected chi connectivity index (χ1v) is 12.7. The highest BCUT2D eigenvalue weighted by Gasteiger charge is 2.50. The van der Waals surface area contributed by atoms with Crippen LogP contribution in [0.2, 0.25) is 0 Å². The molecule has 0 radical (unpaired) electrons. The van der Waals surface area contributed by atoms with Crippen LogP contribution in [0.1, 0.15) is 112 Å². The molecular weight excluding hydrogens is 348 g/mol. The van der Waals surface area contributed by atoms with Crippen molar-refractivity contribution in [1.82, 2.24) is 0 Å². The van der Waals surface area contributed by atoms with E-state index in [1.54, 1.807) is 11.1 Å². The number of hydrogen-bond donors (Lipinski definition) is 0. The molecular formula is C29H48. The lowest BCUT2D eigenvalue weighted by Gasteiger charge is -2.44. The van der Waals surface area contributed by atoms with Crippen molar-refractivity contribution in [2.45, 2.75) is 112 Å². The van der Waals surface area contributed by atoms with Crippen molar-refractivity contribution in [3.8, 4) is 0 Å². The Labute approximate surface area is 182 Å². The van der Waals surface area contributed by atoms with Crippen molar-refractivity contribution in [1.29, 1.82) is 0 Å². The Morgan fingerprint density at radius 1 is 1.14 bits per heavy atom.